The molecule has 0 amide bonds. The minimum absolute atomic E-state index is 0.0552. The Kier molecular flexibility index (Phi) is 6.77. The Balaban J connectivity index is 1.27. The zero-order valence-electron chi connectivity index (χ0n) is 25.5. The molecule has 3 aromatic rings. The highest BCUT2D eigenvalue weighted by molar-refractivity contribution is 5.97. The van der Waals surface area contributed by atoms with Crippen molar-refractivity contribution < 1.29 is 31.4 Å². The van der Waals surface area contributed by atoms with Crippen LogP contribution in [0.2, 0.25) is 0 Å². The van der Waals surface area contributed by atoms with Crippen LogP contribution >= 0.6 is 0 Å². The van der Waals surface area contributed by atoms with Gasteiger partial charge in [-0.3, -0.25) is 4.90 Å². The number of pyridine rings is 2. The van der Waals surface area contributed by atoms with Gasteiger partial charge in [0.15, 0.2) is 5.82 Å². The molecule has 5 atom stereocenters. The molecular formula is C31H35F5N8O2. The van der Waals surface area contributed by atoms with Crippen molar-refractivity contribution in [2.75, 3.05) is 43.4 Å². The Hall–Kier alpha value is -3.59. The molecule has 5 aliphatic rings. The van der Waals surface area contributed by atoms with Crippen molar-refractivity contribution in [2.24, 2.45) is 5.41 Å². The van der Waals surface area contributed by atoms with Gasteiger partial charge in [0.1, 0.15) is 40.5 Å². The number of nitrogens with zero attached hydrogens (tertiary/aromatic N) is 6. The summed E-state index contributed by atoms with van der Waals surface area (Å²) in [4.78, 5) is 21.6. The topological polar surface area (TPSA) is 115 Å². The Morgan fingerprint density at radius 3 is 2.65 bits per heavy atom. The van der Waals surface area contributed by atoms with E-state index in [4.69, 9.17) is 20.2 Å². The number of fused-ring (bicyclic) bond motifs is 5. The van der Waals surface area contributed by atoms with E-state index in [1.807, 2.05) is 6.92 Å². The number of piperazine rings is 1. The van der Waals surface area contributed by atoms with Gasteiger partial charge in [-0.05, 0) is 52.0 Å². The molecule has 1 saturated carbocycles. The van der Waals surface area contributed by atoms with Crippen molar-refractivity contribution in [2.45, 2.75) is 82.5 Å². The Morgan fingerprint density at radius 2 is 1.93 bits per heavy atom. The molecule has 4 aliphatic heterocycles. The van der Waals surface area contributed by atoms with Gasteiger partial charge in [-0.15, -0.1) is 0 Å². The molecule has 3 saturated heterocycles. The first-order valence-electron chi connectivity index (χ1n) is 15.8. The molecule has 1 aliphatic carbocycles. The van der Waals surface area contributed by atoms with Crippen LogP contribution in [-0.2, 0) is 6.18 Å². The average Bonchev–Trinajstić information content (AvgIpc) is 3.51. The van der Waals surface area contributed by atoms with Crippen molar-refractivity contribution in [1.82, 2.24) is 30.2 Å². The van der Waals surface area contributed by atoms with Crippen LogP contribution in [-0.4, -0.2) is 88.0 Å². The Bertz CT molecular complexity index is 1720. The summed E-state index contributed by atoms with van der Waals surface area (Å²) in [7, 11) is 0. The van der Waals surface area contributed by atoms with Crippen molar-refractivity contribution >= 4 is 22.5 Å². The van der Waals surface area contributed by atoms with Gasteiger partial charge in [-0.25, -0.2) is 18.7 Å². The first-order chi connectivity index (χ1) is 21.9. The lowest BCUT2D eigenvalue weighted by Gasteiger charge is -2.42. The van der Waals surface area contributed by atoms with Crippen LogP contribution in [0, 0.1) is 18.2 Å². The molecule has 2 bridgehead atoms. The molecule has 0 radical (unpaired) electrons. The number of alkyl halides is 4. The van der Waals surface area contributed by atoms with Crippen molar-refractivity contribution in [3.8, 4) is 23.1 Å². The lowest BCUT2D eigenvalue weighted by molar-refractivity contribution is -0.137. The molecule has 4 fully saturated rings. The van der Waals surface area contributed by atoms with E-state index in [0.29, 0.717) is 38.4 Å². The molecule has 0 unspecified atom stereocenters. The number of aromatic nitrogens is 4. The molecule has 7 heterocycles. The third-order valence-electron chi connectivity index (χ3n) is 10.2. The number of hydrogen-bond acceptors (Lipinski definition) is 10. The number of nitrogens with two attached hydrogens (primary N) is 1. The molecule has 3 N–H and O–H groups in total. The molecule has 3 aromatic heterocycles. The van der Waals surface area contributed by atoms with Gasteiger partial charge < -0.3 is 25.4 Å². The van der Waals surface area contributed by atoms with E-state index in [-0.39, 0.29) is 58.8 Å². The maximum absolute atomic E-state index is 16.7. The van der Waals surface area contributed by atoms with Crippen molar-refractivity contribution in [3.05, 3.63) is 23.1 Å². The van der Waals surface area contributed by atoms with E-state index in [1.54, 1.807) is 0 Å². The van der Waals surface area contributed by atoms with Crippen LogP contribution in [0.5, 0.6) is 11.9 Å². The number of nitrogen functional groups attached to an aromatic ring is 1. The summed E-state index contributed by atoms with van der Waals surface area (Å²) in [6, 6.07) is 0.946. The number of likely N-dealkylation sites (tertiary alicyclic amines) is 1. The van der Waals surface area contributed by atoms with Gasteiger partial charge in [0.2, 0.25) is 5.88 Å². The van der Waals surface area contributed by atoms with E-state index in [9.17, 15) is 17.6 Å². The minimum Gasteiger partial charge on any atom is -0.472 e. The van der Waals surface area contributed by atoms with Crippen LogP contribution in [0.4, 0.5) is 33.6 Å². The molecule has 8 rings (SSSR count). The van der Waals surface area contributed by atoms with Crippen LogP contribution in [0.15, 0.2) is 6.07 Å². The summed E-state index contributed by atoms with van der Waals surface area (Å²) in [5, 5.41) is 3.81. The second kappa shape index (κ2) is 10.5. The predicted octanol–water partition coefficient (Wildman–Crippen LogP) is 4.43. The third-order valence-corrected chi connectivity index (χ3v) is 10.2. The zero-order chi connectivity index (χ0) is 32.1. The number of anilines is 2. The van der Waals surface area contributed by atoms with Crippen LogP contribution < -0.4 is 25.4 Å². The maximum atomic E-state index is 16.7. The van der Waals surface area contributed by atoms with E-state index >= 15 is 4.39 Å². The Morgan fingerprint density at radius 1 is 1.13 bits per heavy atom. The molecule has 46 heavy (non-hydrogen) atoms. The van der Waals surface area contributed by atoms with Gasteiger partial charge in [0, 0.05) is 49.2 Å². The van der Waals surface area contributed by atoms with E-state index in [1.165, 1.54) is 6.92 Å². The summed E-state index contributed by atoms with van der Waals surface area (Å²) in [5.41, 5.74) is 2.75. The standard InChI is InChI=1S/C31H35F5N8O2/c1-14-22(31(34,35)36)18(9-20(37)38-14)24-23(33)25-21-27(44-11-17-3-4-19(39-17)26(44)15(2)46-28(21)40-24)42-29(41-25)45-13-30(6-7-30)12-43-8-5-16(32)10-43/h9,15-17,19,26,39H,3-8,10-13H2,1-2H3,(H2,37,38)/t15-,16+,17+,19-,26+/m0/s1. The lowest BCUT2D eigenvalue weighted by atomic mass is 9.99. The van der Waals surface area contributed by atoms with Gasteiger partial charge in [-0.2, -0.15) is 23.1 Å². The van der Waals surface area contributed by atoms with Crippen LogP contribution in [0.25, 0.3) is 22.2 Å². The summed E-state index contributed by atoms with van der Waals surface area (Å²) in [5.74, 6) is -0.949. The summed E-state index contributed by atoms with van der Waals surface area (Å²) >= 11 is 0. The predicted molar refractivity (Wildman–Crippen MR) is 159 cm³/mol. The highest BCUT2D eigenvalue weighted by Crippen LogP contribution is 2.49. The molecule has 0 spiro atoms. The molecular weight excluding hydrogens is 611 g/mol. The van der Waals surface area contributed by atoms with Crippen LogP contribution in [0.3, 0.4) is 0 Å². The first-order valence-corrected chi connectivity index (χ1v) is 15.8. The van der Waals surface area contributed by atoms with E-state index in [2.05, 4.69) is 30.1 Å². The highest BCUT2D eigenvalue weighted by Gasteiger charge is 2.49. The van der Waals surface area contributed by atoms with E-state index < -0.39 is 46.8 Å². The maximum Gasteiger partial charge on any atom is 0.418 e. The largest absolute Gasteiger partial charge is 0.472 e. The smallest absolute Gasteiger partial charge is 0.418 e. The number of halogens is 5. The van der Waals surface area contributed by atoms with Gasteiger partial charge >= 0.3 is 12.2 Å². The van der Waals surface area contributed by atoms with Gasteiger partial charge in [0.25, 0.3) is 0 Å². The minimum atomic E-state index is -4.86. The fourth-order valence-electron chi connectivity index (χ4n) is 7.92. The van der Waals surface area contributed by atoms with Gasteiger partial charge in [-0.1, -0.05) is 0 Å². The summed E-state index contributed by atoms with van der Waals surface area (Å²) in [6.07, 6.45) is -1.99. The number of ether oxygens (including phenoxy) is 2. The van der Waals surface area contributed by atoms with Crippen molar-refractivity contribution in [1.29, 1.82) is 0 Å². The van der Waals surface area contributed by atoms with Crippen molar-refractivity contribution in [3.63, 3.8) is 0 Å². The second-order valence-electron chi connectivity index (χ2n) is 13.6. The van der Waals surface area contributed by atoms with E-state index in [0.717, 1.165) is 31.7 Å². The van der Waals surface area contributed by atoms with Crippen LogP contribution in [0.1, 0.15) is 50.3 Å². The summed E-state index contributed by atoms with van der Waals surface area (Å²) in [6.45, 7) is 5.63. The number of nitrogens with one attached hydrogen (secondary N) is 1. The quantitative estimate of drug-likeness (QED) is 0.373. The lowest BCUT2D eigenvalue weighted by Crippen LogP contribution is -2.62. The molecule has 10 nitrogen and oxygen atoms in total. The highest BCUT2D eigenvalue weighted by atomic mass is 19.4. The fourth-order valence-corrected chi connectivity index (χ4v) is 7.92. The molecule has 246 valence electrons. The number of rotatable bonds is 6. The second-order valence-corrected chi connectivity index (χ2v) is 13.6. The number of hydrogen-bond donors (Lipinski definition) is 2. The zero-order valence-corrected chi connectivity index (χ0v) is 25.5. The third kappa shape index (κ3) is 4.97. The monoisotopic (exact) mass is 646 g/mol. The summed E-state index contributed by atoms with van der Waals surface area (Å²) < 4.78 is 86.2. The molecule has 15 heteroatoms. The first kappa shape index (κ1) is 29.8. The van der Waals surface area contributed by atoms with Gasteiger partial charge in [0.05, 0.1) is 23.9 Å². The average molecular weight is 647 g/mol. The number of aryl methyl sites for hydroxylation is 1. The SMILES string of the molecule is Cc1nc(N)cc(-c2nc3c4c(nc(OCC5(CN6CC[C@@H](F)C6)CC5)nc4c2F)N2C[C@H]4CC[C@H](N4)[C@H]2[C@H](C)O3)c1C(F)(F)F. The Labute approximate surface area is 261 Å². The molecule has 0 aromatic carbocycles. The fraction of sp³-hybridized carbons (Fsp3) is 0.613. The normalized spacial score (nSPS) is 28.2.